The predicted molar refractivity (Wildman–Crippen MR) is 110 cm³/mol. The van der Waals surface area contributed by atoms with Crippen LogP contribution in [0.3, 0.4) is 0 Å². The maximum absolute atomic E-state index is 12.4. The first-order chi connectivity index (χ1) is 14.2. The van der Waals surface area contributed by atoms with E-state index in [4.69, 9.17) is 4.74 Å². The van der Waals surface area contributed by atoms with E-state index in [0.717, 1.165) is 30.3 Å². The van der Waals surface area contributed by atoms with Crippen LogP contribution < -0.4 is 11.2 Å². The summed E-state index contributed by atoms with van der Waals surface area (Å²) in [6.07, 6.45) is 5.56. The van der Waals surface area contributed by atoms with Crippen LogP contribution in [0, 0.1) is 5.92 Å². The Morgan fingerprint density at radius 3 is 2.50 bits per heavy atom. The summed E-state index contributed by atoms with van der Waals surface area (Å²) in [5, 5.41) is 0. The van der Waals surface area contributed by atoms with E-state index < -0.39 is 17.2 Å². The molecule has 2 heterocycles. The third-order valence-electron chi connectivity index (χ3n) is 6.06. The summed E-state index contributed by atoms with van der Waals surface area (Å²) < 4.78 is 8.95. The van der Waals surface area contributed by atoms with Crippen LogP contribution in [0.4, 0.5) is 0 Å². The number of likely N-dealkylation sites (N-methyl/N-ethyl adjacent to an activating group) is 1. The SMILES string of the molecule is CC1CCC(N(C)C(=O)COC(=O)CCn2cnc3c2c(=O)n(C)c(=O)n3C)CC1. The molecule has 0 unspecified atom stereocenters. The number of carbonyl (C=O) groups is 2. The van der Waals surface area contributed by atoms with E-state index in [1.807, 2.05) is 0 Å². The molecular weight excluding hydrogens is 390 g/mol. The second-order valence-corrected chi connectivity index (χ2v) is 8.14. The van der Waals surface area contributed by atoms with Crippen molar-refractivity contribution in [3.05, 3.63) is 27.2 Å². The molecule has 0 N–H and O–H groups in total. The van der Waals surface area contributed by atoms with Gasteiger partial charge in [-0.3, -0.25) is 23.5 Å². The number of aromatic nitrogens is 4. The number of esters is 1. The van der Waals surface area contributed by atoms with Crippen LogP contribution in [0.5, 0.6) is 0 Å². The summed E-state index contributed by atoms with van der Waals surface area (Å²) >= 11 is 0. The van der Waals surface area contributed by atoms with Gasteiger partial charge in [0.15, 0.2) is 17.8 Å². The van der Waals surface area contributed by atoms with Crippen molar-refractivity contribution in [1.29, 1.82) is 0 Å². The minimum Gasteiger partial charge on any atom is -0.456 e. The van der Waals surface area contributed by atoms with Crippen LogP contribution in [0.15, 0.2) is 15.9 Å². The molecule has 0 spiro atoms. The predicted octanol–water partition coefficient (Wildman–Crippen LogP) is 0.404. The number of hydrogen-bond donors (Lipinski definition) is 0. The minimum absolute atomic E-state index is 0.0185. The molecule has 0 aliphatic heterocycles. The fraction of sp³-hybridized carbons (Fsp3) is 0.650. The Morgan fingerprint density at radius 1 is 1.17 bits per heavy atom. The van der Waals surface area contributed by atoms with Gasteiger partial charge in [0.05, 0.1) is 12.7 Å². The van der Waals surface area contributed by atoms with E-state index in [2.05, 4.69) is 11.9 Å². The lowest BCUT2D eigenvalue weighted by Crippen LogP contribution is -2.41. The van der Waals surface area contributed by atoms with Gasteiger partial charge in [0.25, 0.3) is 11.5 Å². The van der Waals surface area contributed by atoms with Gasteiger partial charge in [-0.2, -0.15) is 0 Å². The minimum atomic E-state index is -0.530. The summed E-state index contributed by atoms with van der Waals surface area (Å²) in [6.45, 7) is 2.09. The average Bonchev–Trinajstić information content (AvgIpc) is 3.17. The third kappa shape index (κ3) is 4.31. The highest BCUT2D eigenvalue weighted by Gasteiger charge is 2.25. The van der Waals surface area contributed by atoms with Gasteiger partial charge in [0.2, 0.25) is 0 Å². The molecule has 2 aromatic heterocycles. The number of fused-ring (bicyclic) bond motifs is 1. The van der Waals surface area contributed by atoms with Gasteiger partial charge >= 0.3 is 11.7 Å². The van der Waals surface area contributed by atoms with Crippen molar-refractivity contribution in [1.82, 2.24) is 23.6 Å². The number of carbonyl (C=O) groups excluding carboxylic acids is 2. The molecule has 1 amide bonds. The van der Waals surface area contributed by atoms with E-state index in [9.17, 15) is 19.2 Å². The maximum atomic E-state index is 12.4. The molecule has 1 fully saturated rings. The summed E-state index contributed by atoms with van der Waals surface area (Å²) in [4.78, 5) is 54.7. The molecule has 0 radical (unpaired) electrons. The van der Waals surface area contributed by atoms with Gasteiger partial charge in [-0.05, 0) is 31.6 Å². The van der Waals surface area contributed by atoms with Crippen LogP contribution in [-0.2, 0) is 35.0 Å². The molecule has 1 aliphatic carbocycles. The van der Waals surface area contributed by atoms with Gasteiger partial charge in [-0.1, -0.05) is 6.92 Å². The average molecular weight is 419 g/mol. The molecule has 30 heavy (non-hydrogen) atoms. The zero-order valence-corrected chi connectivity index (χ0v) is 18.0. The molecule has 0 atom stereocenters. The highest BCUT2D eigenvalue weighted by atomic mass is 16.5. The Bertz CT molecular complexity index is 1060. The molecule has 10 nitrogen and oxygen atoms in total. The van der Waals surface area contributed by atoms with E-state index >= 15 is 0 Å². The molecule has 164 valence electrons. The molecule has 1 aliphatic rings. The van der Waals surface area contributed by atoms with Gasteiger partial charge in [0.1, 0.15) is 0 Å². The largest absolute Gasteiger partial charge is 0.456 e. The molecule has 0 saturated heterocycles. The molecule has 0 aromatic carbocycles. The summed E-state index contributed by atoms with van der Waals surface area (Å²) in [5.41, 5.74) is -0.436. The van der Waals surface area contributed by atoms with Gasteiger partial charge in [0, 0.05) is 33.7 Å². The summed E-state index contributed by atoms with van der Waals surface area (Å²) in [5.74, 6) is -0.0431. The first kappa shape index (κ1) is 21.8. The normalized spacial score (nSPS) is 19.1. The quantitative estimate of drug-likeness (QED) is 0.628. The van der Waals surface area contributed by atoms with E-state index in [-0.39, 0.29) is 42.7 Å². The molecule has 3 rings (SSSR count). The summed E-state index contributed by atoms with van der Waals surface area (Å²) in [7, 11) is 4.68. The first-order valence-electron chi connectivity index (χ1n) is 10.2. The lowest BCUT2D eigenvalue weighted by molar-refractivity contribution is -0.152. The summed E-state index contributed by atoms with van der Waals surface area (Å²) in [6, 6.07) is 0.201. The molecule has 10 heteroatoms. The molecule has 2 aromatic rings. The fourth-order valence-corrected chi connectivity index (χ4v) is 3.93. The van der Waals surface area contributed by atoms with Crippen molar-refractivity contribution >= 4 is 23.0 Å². The smallest absolute Gasteiger partial charge is 0.332 e. The second-order valence-electron chi connectivity index (χ2n) is 8.14. The highest BCUT2D eigenvalue weighted by molar-refractivity contribution is 5.80. The van der Waals surface area contributed by atoms with Crippen LogP contribution in [0.2, 0.25) is 0 Å². The second kappa shape index (κ2) is 8.85. The van der Waals surface area contributed by atoms with Gasteiger partial charge < -0.3 is 14.2 Å². The standard InChI is InChI=1S/C20H29N5O5/c1-13-5-7-14(8-6-13)22(2)15(26)11-30-16(27)9-10-25-12-21-18-17(25)19(28)24(4)20(29)23(18)3/h12-14H,5-11H2,1-4H3. The number of ether oxygens (including phenoxy) is 1. The Balaban J connectivity index is 1.56. The van der Waals surface area contributed by atoms with E-state index in [1.165, 1.54) is 29.6 Å². The zero-order valence-electron chi connectivity index (χ0n) is 18.0. The van der Waals surface area contributed by atoms with Crippen molar-refractivity contribution in [2.24, 2.45) is 20.0 Å². The Morgan fingerprint density at radius 2 is 1.83 bits per heavy atom. The number of amides is 1. The van der Waals surface area contributed by atoms with Crippen LogP contribution in [-0.4, -0.2) is 55.2 Å². The molecular formula is C20H29N5O5. The van der Waals surface area contributed by atoms with Crippen LogP contribution >= 0.6 is 0 Å². The Kier molecular flexibility index (Phi) is 6.42. The number of nitrogens with zero attached hydrogens (tertiary/aromatic N) is 5. The van der Waals surface area contributed by atoms with Gasteiger partial charge in [-0.25, -0.2) is 9.78 Å². The van der Waals surface area contributed by atoms with Crippen molar-refractivity contribution in [3.8, 4) is 0 Å². The highest BCUT2D eigenvalue weighted by Crippen LogP contribution is 2.26. The lowest BCUT2D eigenvalue weighted by atomic mass is 9.87. The molecule has 1 saturated carbocycles. The first-order valence-corrected chi connectivity index (χ1v) is 10.2. The monoisotopic (exact) mass is 419 g/mol. The van der Waals surface area contributed by atoms with E-state index in [0.29, 0.717) is 5.92 Å². The number of aryl methyl sites for hydroxylation is 2. The Labute approximate surface area is 174 Å². The van der Waals surface area contributed by atoms with Crippen molar-refractivity contribution in [2.75, 3.05) is 13.7 Å². The van der Waals surface area contributed by atoms with Crippen molar-refractivity contribution in [2.45, 2.75) is 51.6 Å². The van der Waals surface area contributed by atoms with Crippen molar-refractivity contribution in [3.63, 3.8) is 0 Å². The molecule has 0 bridgehead atoms. The number of rotatable bonds is 6. The van der Waals surface area contributed by atoms with Crippen LogP contribution in [0.1, 0.15) is 39.0 Å². The van der Waals surface area contributed by atoms with Crippen molar-refractivity contribution < 1.29 is 14.3 Å². The number of hydrogen-bond acceptors (Lipinski definition) is 6. The zero-order chi connectivity index (χ0) is 22.0. The third-order valence-corrected chi connectivity index (χ3v) is 6.06. The van der Waals surface area contributed by atoms with E-state index in [1.54, 1.807) is 11.9 Å². The maximum Gasteiger partial charge on any atom is 0.332 e. The Hall–Kier alpha value is -2.91. The topological polar surface area (TPSA) is 108 Å². The van der Waals surface area contributed by atoms with Crippen LogP contribution in [0.25, 0.3) is 11.2 Å². The fourth-order valence-electron chi connectivity index (χ4n) is 3.93. The van der Waals surface area contributed by atoms with Gasteiger partial charge in [-0.15, -0.1) is 0 Å². The lowest BCUT2D eigenvalue weighted by Gasteiger charge is -2.33. The number of imidazole rings is 1.